The Morgan fingerprint density at radius 3 is 2.40 bits per heavy atom. The van der Waals surface area contributed by atoms with Gasteiger partial charge < -0.3 is 24.6 Å². The Balaban J connectivity index is 1.48. The molecule has 0 aromatic heterocycles. The van der Waals surface area contributed by atoms with Crippen molar-refractivity contribution in [1.82, 2.24) is 10.2 Å². The number of nitrogens with one attached hydrogen (secondary N) is 1. The molecule has 0 saturated carbocycles. The summed E-state index contributed by atoms with van der Waals surface area (Å²) < 4.78 is 11.3. The molecule has 0 radical (unpaired) electrons. The van der Waals surface area contributed by atoms with Gasteiger partial charge in [-0.2, -0.15) is 0 Å². The van der Waals surface area contributed by atoms with E-state index >= 15 is 0 Å². The summed E-state index contributed by atoms with van der Waals surface area (Å²) in [7, 11) is 1.69. The zero-order chi connectivity index (χ0) is 21.6. The largest absolute Gasteiger partial charge is 0.495 e. The van der Waals surface area contributed by atoms with E-state index in [9.17, 15) is 4.79 Å². The minimum Gasteiger partial charge on any atom is -0.495 e. The van der Waals surface area contributed by atoms with E-state index in [0.29, 0.717) is 26.2 Å². The van der Waals surface area contributed by atoms with E-state index in [1.807, 2.05) is 62.1 Å². The van der Waals surface area contributed by atoms with Crippen LogP contribution in [0.4, 0.5) is 10.5 Å². The minimum atomic E-state index is -0.171. The molecule has 1 saturated heterocycles. The Morgan fingerprint density at radius 2 is 1.70 bits per heavy atom. The average molecular weight is 412 g/mol. The summed E-state index contributed by atoms with van der Waals surface area (Å²) >= 11 is 0. The standard InChI is InChI=1S/C24H33N3O3/c1-24(2,3)30-18-20-9-7-8-19(16-20)17-25-23(28)27-14-12-26(13-15-27)21-10-5-6-11-22(21)29-4/h5-11,16H,12-15,17-18H2,1-4H3,(H,25,28). The fraction of sp³-hybridized carbons (Fsp3) is 0.458. The molecule has 3 rings (SSSR count). The van der Waals surface area contributed by atoms with Crippen LogP contribution in [0, 0.1) is 0 Å². The van der Waals surface area contributed by atoms with Gasteiger partial charge in [0.1, 0.15) is 5.75 Å². The first-order chi connectivity index (χ1) is 14.4. The molecule has 1 fully saturated rings. The van der Waals surface area contributed by atoms with Crippen molar-refractivity contribution in [2.45, 2.75) is 39.5 Å². The first-order valence-electron chi connectivity index (χ1n) is 10.5. The number of benzene rings is 2. The summed E-state index contributed by atoms with van der Waals surface area (Å²) in [6.07, 6.45) is 0. The van der Waals surface area contributed by atoms with Crippen molar-refractivity contribution >= 4 is 11.7 Å². The highest BCUT2D eigenvalue weighted by Gasteiger charge is 2.22. The highest BCUT2D eigenvalue weighted by Crippen LogP contribution is 2.28. The van der Waals surface area contributed by atoms with Gasteiger partial charge in [0.05, 0.1) is 25.0 Å². The van der Waals surface area contributed by atoms with Crippen LogP contribution in [0.2, 0.25) is 0 Å². The number of urea groups is 1. The number of nitrogens with zero attached hydrogens (tertiary/aromatic N) is 2. The van der Waals surface area contributed by atoms with E-state index in [1.165, 1.54) is 0 Å². The maximum Gasteiger partial charge on any atom is 0.317 e. The van der Waals surface area contributed by atoms with Crippen molar-refractivity contribution < 1.29 is 14.3 Å². The topological polar surface area (TPSA) is 54.0 Å². The lowest BCUT2D eigenvalue weighted by atomic mass is 10.1. The van der Waals surface area contributed by atoms with E-state index in [1.54, 1.807) is 7.11 Å². The molecule has 0 unspecified atom stereocenters. The number of carbonyl (C=O) groups is 1. The quantitative estimate of drug-likeness (QED) is 0.779. The van der Waals surface area contributed by atoms with Gasteiger partial charge in [0.15, 0.2) is 0 Å². The van der Waals surface area contributed by atoms with Crippen LogP contribution in [0.5, 0.6) is 5.75 Å². The van der Waals surface area contributed by atoms with E-state index in [4.69, 9.17) is 9.47 Å². The van der Waals surface area contributed by atoms with Crippen molar-refractivity contribution in [3.8, 4) is 5.75 Å². The zero-order valence-electron chi connectivity index (χ0n) is 18.5. The van der Waals surface area contributed by atoms with Gasteiger partial charge in [0, 0.05) is 32.7 Å². The predicted octanol–water partition coefficient (Wildman–Crippen LogP) is 4.04. The smallest absolute Gasteiger partial charge is 0.317 e. The number of methoxy groups -OCH3 is 1. The van der Waals surface area contributed by atoms with E-state index in [0.717, 1.165) is 35.7 Å². The number of piperazine rings is 1. The molecule has 1 N–H and O–H groups in total. The molecule has 2 aromatic rings. The van der Waals surface area contributed by atoms with Crippen LogP contribution >= 0.6 is 0 Å². The van der Waals surface area contributed by atoms with Crippen molar-refractivity contribution in [3.05, 3.63) is 59.7 Å². The second-order valence-corrected chi connectivity index (χ2v) is 8.53. The highest BCUT2D eigenvalue weighted by atomic mass is 16.5. The maximum atomic E-state index is 12.6. The lowest BCUT2D eigenvalue weighted by molar-refractivity contribution is -0.0149. The van der Waals surface area contributed by atoms with Crippen LogP contribution in [-0.2, 0) is 17.9 Å². The third-order valence-electron chi connectivity index (χ3n) is 5.10. The molecule has 1 aliphatic heterocycles. The van der Waals surface area contributed by atoms with Crippen LogP contribution < -0.4 is 15.0 Å². The Hall–Kier alpha value is -2.73. The first kappa shape index (κ1) is 22.0. The summed E-state index contributed by atoms with van der Waals surface area (Å²) in [5.74, 6) is 0.866. The number of para-hydroxylation sites is 2. The molecule has 1 aliphatic rings. The molecule has 6 heteroatoms. The highest BCUT2D eigenvalue weighted by molar-refractivity contribution is 5.74. The van der Waals surface area contributed by atoms with Gasteiger partial charge in [-0.1, -0.05) is 36.4 Å². The molecule has 30 heavy (non-hydrogen) atoms. The van der Waals surface area contributed by atoms with E-state index < -0.39 is 0 Å². The molecule has 6 nitrogen and oxygen atoms in total. The third-order valence-corrected chi connectivity index (χ3v) is 5.10. The molecule has 0 bridgehead atoms. The van der Waals surface area contributed by atoms with Crippen molar-refractivity contribution in [2.75, 3.05) is 38.2 Å². The number of hydrogen-bond donors (Lipinski definition) is 1. The van der Waals surface area contributed by atoms with E-state index in [2.05, 4.69) is 22.3 Å². The number of hydrogen-bond acceptors (Lipinski definition) is 4. The molecule has 0 aliphatic carbocycles. The Bertz CT molecular complexity index is 840. The van der Waals surface area contributed by atoms with Gasteiger partial charge in [0.25, 0.3) is 0 Å². The first-order valence-corrected chi connectivity index (χ1v) is 10.5. The van der Waals surface area contributed by atoms with Gasteiger partial charge in [-0.3, -0.25) is 0 Å². The van der Waals surface area contributed by atoms with Crippen LogP contribution in [0.15, 0.2) is 48.5 Å². The number of rotatable bonds is 6. The Labute approximate surface area is 179 Å². The fourth-order valence-electron chi connectivity index (χ4n) is 3.46. The van der Waals surface area contributed by atoms with E-state index in [-0.39, 0.29) is 11.6 Å². The number of amides is 2. The van der Waals surface area contributed by atoms with Crippen LogP contribution in [0.1, 0.15) is 31.9 Å². The molecule has 0 atom stereocenters. The molecule has 1 heterocycles. The van der Waals surface area contributed by atoms with Crippen molar-refractivity contribution in [3.63, 3.8) is 0 Å². The molecular weight excluding hydrogens is 378 g/mol. The van der Waals surface area contributed by atoms with Crippen molar-refractivity contribution in [2.24, 2.45) is 0 Å². The number of anilines is 1. The zero-order valence-corrected chi connectivity index (χ0v) is 18.5. The van der Waals surface area contributed by atoms with Crippen LogP contribution in [0.25, 0.3) is 0 Å². The Morgan fingerprint density at radius 1 is 1.00 bits per heavy atom. The summed E-state index contributed by atoms with van der Waals surface area (Å²) in [6, 6.07) is 16.2. The van der Waals surface area contributed by atoms with Gasteiger partial charge in [0.2, 0.25) is 0 Å². The van der Waals surface area contributed by atoms with Gasteiger partial charge in [-0.05, 0) is 44.0 Å². The van der Waals surface area contributed by atoms with Crippen LogP contribution in [-0.4, -0.2) is 49.8 Å². The maximum absolute atomic E-state index is 12.6. The van der Waals surface area contributed by atoms with Crippen LogP contribution in [0.3, 0.4) is 0 Å². The summed E-state index contributed by atoms with van der Waals surface area (Å²) in [6.45, 7) is 10.2. The summed E-state index contributed by atoms with van der Waals surface area (Å²) in [5, 5.41) is 3.05. The third kappa shape index (κ3) is 6.13. The second kappa shape index (κ2) is 9.85. The minimum absolute atomic E-state index is 0.0222. The normalized spacial score (nSPS) is 14.5. The second-order valence-electron chi connectivity index (χ2n) is 8.53. The molecule has 2 aromatic carbocycles. The Kier molecular flexibility index (Phi) is 7.21. The molecular formula is C24H33N3O3. The molecule has 162 valence electrons. The number of carbonyl (C=O) groups excluding carboxylic acids is 1. The fourth-order valence-corrected chi connectivity index (χ4v) is 3.46. The lowest BCUT2D eigenvalue weighted by Gasteiger charge is -2.36. The lowest BCUT2D eigenvalue weighted by Crippen LogP contribution is -2.51. The van der Waals surface area contributed by atoms with Gasteiger partial charge in [-0.25, -0.2) is 4.79 Å². The van der Waals surface area contributed by atoms with Gasteiger partial charge in [-0.15, -0.1) is 0 Å². The molecule has 0 spiro atoms. The SMILES string of the molecule is COc1ccccc1N1CCN(C(=O)NCc2cccc(COC(C)(C)C)c2)CC1. The monoisotopic (exact) mass is 411 g/mol. The predicted molar refractivity (Wildman–Crippen MR) is 120 cm³/mol. The summed E-state index contributed by atoms with van der Waals surface area (Å²) in [5.41, 5.74) is 3.10. The average Bonchev–Trinajstić information content (AvgIpc) is 2.76. The van der Waals surface area contributed by atoms with Gasteiger partial charge >= 0.3 is 6.03 Å². The number of ether oxygens (including phenoxy) is 2. The summed E-state index contributed by atoms with van der Waals surface area (Å²) in [4.78, 5) is 16.8. The molecule has 2 amide bonds. The van der Waals surface area contributed by atoms with Crippen molar-refractivity contribution in [1.29, 1.82) is 0 Å².